The summed E-state index contributed by atoms with van der Waals surface area (Å²) in [6.07, 6.45) is -5.25. The van der Waals surface area contributed by atoms with Crippen molar-refractivity contribution >= 4 is 23.2 Å². The van der Waals surface area contributed by atoms with Crippen molar-refractivity contribution in [2.45, 2.75) is 26.1 Å². The highest BCUT2D eigenvalue weighted by molar-refractivity contribution is 6.04. The maximum absolute atomic E-state index is 12.8. The average Bonchev–Trinajstić information content (AvgIpc) is 2.75. The Morgan fingerprint density at radius 3 is 2.16 bits per heavy atom. The molecule has 0 aliphatic carbocycles. The molecular formula is C24H21F3N2O3. The quantitative estimate of drug-likeness (QED) is 0.517. The van der Waals surface area contributed by atoms with E-state index in [2.05, 4.69) is 10.6 Å². The van der Waals surface area contributed by atoms with E-state index in [-0.39, 0.29) is 17.2 Å². The highest BCUT2D eigenvalue weighted by Gasteiger charge is 2.30. The van der Waals surface area contributed by atoms with Gasteiger partial charge in [0.1, 0.15) is 5.75 Å². The predicted molar refractivity (Wildman–Crippen MR) is 116 cm³/mol. The standard InChI is InChI=1S/C24H21F3N2O3/c1-15-6-12-21(13-7-15)32-16(2)22(30)28-19-10-8-17(9-11-19)23(31)29-20-5-3-4-18(14-20)24(25,26)27/h3-14,16H,1-2H3,(H,28,30)(H,29,31). The van der Waals surface area contributed by atoms with Crippen LogP contribution in [0.3, 0.4) is 0 Å². The van der Waals surface area contributed by atoms with Crippen molar-refractivity contribution < 1.29 is 27.5 Å². The topological polar surface area (TPSA) is 67.4 Å². The van der Waals surface area contributed by atoms with Gasteiger partial charge in [0.2, 0.25) is 0 Å². The zero-order chi connectivity index (χ0) is 23.3. The smallest absolute Gasteiger partial charge is 0.416 e. The first-order valence-electron chi connectivity index (χ1n) is 9.75. The van der Waals surface area contributed by atoms with Crippen molar-refractivity contribution in [3.05, 3.63) is 89.5 Å². The first-order valence-corrected chi connectivity index (χ1v) is 9.75. The van der Waals surface area contributed by atoms with E-state index in [1.54, 1.807) is 19.1 Å². The minimum Gasteiger partial charge on any atom is -0.481 e. The van der Waals surface area contributed by atoms with Crippen LogP contribution in [0.4, 0.5) is 24.5 Å². The molecule has 5 nitrogen and oxygen atoms in total. The molecule has 0 saturated heterocycles. The summed E-state index contributed by atoms with van der Waals surface area (Å²) in [6, 6.07) is 17.7. The van der Waals surface area contributed by atoms with E-state index >= 15 is 0 Å². The van der Waals surface area contributed by atoms with Crippen molar-refractivity contribution in [3.63, 3.8) is 0 Å². The van der Waals surface area contributed by atoms with Crippen molar-refractivity contribution in [2.75, 3.05) is 10.6 Å². The first kappa shape index (κ1) is 22.9. The van der Waals surface area contributed by atoms with E-state index < -0.39 is 23.8 Å². The number of alkyl halides is 3. The lowest BCUT2D eigenvalue weighted by molar-refractivity contribution is -0.137. The molecule has 32 heavy (non-hydrogen) atoms. The summed E-state index contributed by atoms with van der Waals surface area (Å²) in [5.74, 6) is -0.370. The number of ether oxygens (including phenoxy) is 1. The van der Waals surface area contributed by atoms with E-state index in [4.69, 9.17) is 4.74 Å². The predicted octanol–water partition coefficient (Wildman–Crippen LogP) is 5.67. The third-order valence-corrected chi connectivity index (χ3v) is 4.57. The van der Waals surface area contributed by atoms with Gasteiger partial charge in [0, 0.05) is 16.9 Å². The third-order valence-electron chi connectivity index (χ3n) is 4.57. The third kappa shape index (κ3) is 6.10. The van der Waals surface area contributed by atoms with Crippen LogP contribution in [0.15, 0.2) is 72.8 Å². The summed E-state index contributed by atoms with van der Waals surface area (Å²) in [4.78, 5) is 24.7. The van der Waals surface area contributed by atoms with Crippen LogP contribution in [0.5, 0.6) is 5.75 Å². The number of aryl methyl sites for hydroxylation is 1. The largest absolute Gasteiger partial charge is 0.481 e. The molecule has 166 valence electrons. The van der Waals surface area contributed by atoms with Gasteiger partial charge < -0.3 is 15.4 Å². The number of hydrogen-bond donors (Lipinski definition) is 2. The lowest BCUT2D eigenvalue weighted by Gasteiger charge is -2.15. The Hall–Kier alpha value is -3.81. The number of carbonyl (C=O) groups is 2. The number of amides is 2. The lowest BCUT2D eigenvalue weighted by Crippen LogP contribution is -2.30. The highest BCUT2D eigenvalue weighted by atomic mass is 19.4. The molecule has 3 rings (SSSR count). The van der Waals surface area contributed by atoms with Crippen LogP contribution in [-0.2, 0) is 11.0 Å². The van der Waals surface area contributed by atoms with Crippen LogP contribution < -0.4 is 15.4 Å². The van der Waals surface area contributed by atoms with E-state index in [0.29, 0.717) is 11.4 Å². The van der Waals surface area contributed by atoms with Crippen LogP contribution in [0.25, 0.3) is 0 Å². The van der Waals surface area contributed by atoms with E-state index in [9.17, 15) is 22.8 Å². The second-order valence-electron chi connectivity index (χ2n) is 7.17. The molecule has 2 amide bonds. The van der Waals surface area contributed by atoms with Gasteiger partial charge in [-0.15, -0.1) is 0 Å². The SMILES string of the molecule is Cc1ccc(OC(C)C(=O)Nc2ccc(C(=O)Nc3cccc(C(F)(F)F)c3)cc2)cc1. The van der Waals surface area contributed by atoms with Gasteiger partial charge in [-0.2, -0.15) is 13.2 Å². The number of hydrogen-bond acceptors (Lipinski definition) is 3. The summed E-state index contributed by atoms with van der Waals surface area (Å²) >= 11 is 0. The maximum atomic E-state index is 12.8. The summed E-state index contributed by atoms with van der Waals surface area (Å²) in [6.45, 7) is 3.57. The Morgan fingerprint density at radius 2 is 1.53 bits per heavy atom. The number of halogens is 3. The molecule has 8 heteroatoms. The van der Waals surface area contributed by atoms with Gasteiger partial charge in [0.25, 0.3) is 11.8 Å². The lowest BCUT2D eigenvalue weighted by atomic mass is 10.1. The van der Waals surface area contributed by atoms with Crippen molar-refractivity contribution in [3.8, 4) is 5.75 Å². The number of nitrogens with one attached hydrogen (secondary N) is 2. The van der Waals surface area contributed by atoms with Crippen LogP contribution >= 0.6 is 0 Å². The van der Waals surface area contributed by atoms with Crippen LogP contribution in [0.1, 0.15) is 28.4 Å². The zero-order valence-electron chi connectivity index (χ0n) is 17.4. The monoisotopic (exact) mass is 442 g/mol. The molecule has 3 aromatic carbocycles. The molecule has 2 N–H and O–H groups in total. The zero-order valence-corrected chi connectivity index (χ0v) is 17.4. The summed E-state index contributed by atoms with van der Waals surface area (Å²) in [5.41, 5.74) is 0.931. The van der Waals surface area contributed by atoms with E-state index in [1.165, 1.54) is 36.4 Å². The highest BCUT2D eigenvalue weighted by Crippen LogP contribution is 2.30. The molecule has 3 aromatic rings. The summed E-state index contributed by atoms with van der Waals surface area (Å²) < 4.78 is 44.1. The molecule has 0 aliphatic rings. The molecule has 1 unspecified atom stereocenters. The van der Waals surface area contributed by atoms with Gasteiger partial charge in [0.15, 0.2) is 6.10 Å². The second-order valence-corrected chi connectivity index (χ2v) is 7.17. The maximum Gasteiger partial charge on any atom is 0.416 e. The Labute approximate surface area is 183 Å². The molecule has 0 bridgehead atoms. The molecule has 1 atom stereocenters. The van der Waals surface area contributed by atoms with Gasteiger partial charge in [-0.1, -0.05) is 23.8 Å². The number of anilines is 2. The fraction of sp³-hybridized carbons (Fsp3) is 0.167. The van der Waals surface area contributed by atoms with Crippen molar-refractivity contribution in [2.24, 2.45) is 0 Å². The van der Waals surface area contributed by atoms with Gasteiger partial charge in [-0.3, -0.25) is 9.59 Å². The van der Waals surface area contributed by atoms with Crippen LogP contribution in [-0.4, -0.2) is 17.9 Å². The van der Waals surface area contributed by atoms with Crippen LogP contribution in [0, 0.1) is 6.92 Å². The number of carbonyl (C=O) groups excluding carboxylic acids is 2. The van der Waals surface area contributed by atoms with Gasteiger partial charge in [-0.25, -0.2) is 0 Å². The van der Waals surface area contributed by atoms with Crippen molar-refractivity contribution in [1.82, 2.24) is 0 Å². The summed E-state index contributed by atoms with van der Waals surface area (Å²) in [7, 11) is 0. The normalized spacial score (nSPS) is 12.0. The molecule has 0 spiro atoms. The van der Waals surface area contributed by atoms with Crippen molar-refractivity contribution in [1.29, 1.82) is 0 Å². The number of rotatable bonds is 6. The Kier molecular flexibility index (Phi) is 6.82. The van der Waals surface area contributed by atoms with Gasteiger partial charge in [0.05, 0.1) is 5.56 Å². The second kappa shape index (κ2) is 9.55. The molecule has 0 fully saturated rings. The first-order chi connectivity index (χ1) is 15.1. The Balaban J connectivity index is 1.59. The van der Waals surface area contributed by atoms with Gasteiger partial charge >= 0.3 is 6.18 Å². The minimum absolute atomic E-state index is 0.0317. The molecule has 0 aliphatic heterocycles. The fourth-order valence-electron chi connectivity index (χ4n) is 2.80. The Bertz CT molecular complexity index is 1090. The Morgan fingerprint density at radius 1 is 0.875 bits per heavy atom. The molecule has 0 saturated carbocycles. The summed E-state index contributed by atoms with van der Waals surface area (Å²) in [5, 5.41) is 5.13. The number of benzene rings is 3. The van der Waals surface area contributed by atoms with E-state index in [0.717, 1.165) is 17.7 Å². The van der Waals surface area contributed by atoms with E-state index in [1.807, 2.05) is 19.1 Å². The average molecular weight is 442 g/mol. The molecular weight excluding hydrogens is 421 g/mol. The molecule has 0 heterocycles. The van der Waals surface area contributed by atoms with Gasteiger partial charge in [-0.05, 0) is 68.4 Å². The fourth-order valence-corrected chi connectivity index (χ4v) is 2.80. The van der Waals surface area contributed by atoms with Crippen LogP contribution in [0.2, 0.25) is 0 Å². The minimum atomic E-state index is -4.50. The molecule has 0 radical (unpaired) electrons. The molecule has 0 aromatic heterocycles.